The van der Waals surface area contributed by atoms with Gasteiger partial charge in [-0.3, -0.25) is 0 Å². The zero-order chi connectivity index (χ0) is 22.2. The van der Waals surface area contributed by atoms with E-state index in [1.54, 1.807) is 0 Å². The van der Waals surface area contributed by atoms with Crippen LogP contribution in [0.1, 0.15) is 31.7 Å². The molecule has 0 aliphatic carbocycles. The van der Waals surface area contributed by atoms with Crippen LogP contribution in [0.4, 0.5) is 19.3 Å². The minimum atomic E-state index is -0.683. The molecule has 1 aliphatic heterocycles. The van der Waals surface area contributed by atoms with Crippen molar-refractivity contribution in [1.82, 2.24) is 10.2 Å². The number of nitrogens with one attached hydrogen (secondary N) is 2. The molecule has 0 aromatic heterocycles. The minimum Gasteiger partial charge on any atom is -0.390 e. The first kappa shape index (κ1) is 23.2. The van der Waals surface area contributed by atoms with Crippen molar-refractivity contribution in [3.8, 4) is 0 Å². The number of aliphatic hydroxyl groups excluding tert-OH is 1. The molecule has 0 saturated carbocycles. The number of nitrogens with zero attached hydrogens (tertiary/aromatic N) is 1. The van der Waals surface area contributed by atoms with Crippen LogP contribution in [-0.2, 0) is 6.42 Å². The van der Waals surface area contributed by atoms with Crippen LogP contribution in [0.2, 0.25) is 0 Å². The van der Waals surface area contributed by atoms with Gasteiger partial charge < -0.3 is 20.6 Å². The van der Waals surface area contributed by atoms with E-state index >= 15 is 0 Å². The van der Waals surface area contributed by atoms with Gasteiger partial charge in [-0.05, 0) is 86.7 Å². The molecule has 1 heterocycles. The van der Waals surface area contributed by atoms with Crippen LogP contribution in [0.15, 0.2) is 48.5 Å². The number of β-amino-alcohol motifs (C(OH)–C–C–N with tert-alkyl or cyclic N) is 1. The van der Waals surface area contributed by atoms with Gasteiger partial charge in [0.25, 0.3) is 0 Å². The first-order chi connectivity index (χ1) is 14.9. The van der Waals surface area contributed by atoms with Crippen LogP contribution < -0.4 is 10.6 Å². The zero-order valence-electron chi connectivity index (χ0n) is 17.9. The number of carbonyl (C=O) groups excluding carboxylic acids is 1. The van der Waals surface area contributed by atoms with Crippen molar-refractivity contribution >= 4 is 11.7 Å². The van der Waals surface area contributed by atoms with E-state index in [4.69, 9.17) is 0 Å². The predicted octanol–water partition coefficient (Wildman–Crippen LogP) is 4.18. The summed E-state index contributed by atoms with van der Waals surface area (Å²) >= 11 is 0. The van der Waals surface area contributed by atoms with Crippen LogP contribution in [0.5, 0.6) is 0 Å². The second kappa shape index (κ2) is 11.2. The van der Waals surface area contributed by atoms with Gasteiger partial charge in [0.15, 0.2) is 0 Å². The van der Waals surface area contributed by atoms with Gasteiger partial charge in [0, 0.05) is 12.2 Å². The van der Waals surface area contributed by atoms with E-state index in [0.29, 0.717) is 24.6 Å². The van der Waals surface area contributed by atoms with Crippen molar-refractivity contribution in [2.45, 2.75) is 44.8 Å². The first-order valence-electron chi connectivity index (χ1n) is 10.9. The molecule has 3 N–H and O–H groups in total. The summed E-state index contributed by atoms with van der Waals surface area (Å²) in [5.74, 6) is -0.0207. The van der Waals surface area contributed by atoms with Crippen molar-refractivity contribution in [3.63, 3.8) is 0 Å². The Morgan fingerprint density at radius 1 is 1.06 bits per heavy atom. The number of carbonyl (C=O) groups is 1. The molecule has 168 valence electrons. The van der Waals surface area contributed by atoms with Crippen molar-refractivity contribution in [3.05, 3.63) is 65.7 Å². The van der Waals surface area contributed by atoms with Gasteiger partial charge in [-0.2, -0.15) is 0 Å². The maximum absolute atomic E-state index is 13.1. The van der Waals surface area contributed by atoms with Gasteiger partial charge in [0.1, 0.15) is 11.6 Å². The number of piperidine rings is 1. The van der Waals surface area contributed by atoms with E-state index in [9.17, 15) is 18.7 Å². The lowest BCUT2D eigenvalue weighted by Crippen LogP contribution is -2.50. The summed E-state index contributed by atoms with van der Waals surface area (Å²) in [5, 5.41) is 16.1. The number of hydrogen-bond donors (Lipinski definition) is 3. The fourth-order valence-electron chi connectivity index (χ4n) is 4.06. The number of amides is 2. The maximum Gasteiger partial charge on any atom is 0.319 e. The summed E-state index contributed by atoms with van der Waals surface area (Å²) in [4.78, 5) is 14.5. The normalized spacial score (nSPS) is 17.2. The average Bonchev–Trinajstić information content (AvgIpc) is 2.76. The fraction of sp³-hybridized carbons (Fsp3) is 0.458. The Balaban J connectivity index is 1.42. The van der Waals surface area contributed by atoms with Crippen LogP contribution in [0, 0.1) is 17.6 Å². The van der Waals surface area contributed by atoms with E-state index in [-0.39, 0.29) is 17.7 Å². The van der Waals surface area contributed by atoms with Crippen LogP contribution in [0.3, 0.4) is 0 Å². The molecule has 1 aliphatic rings. The minimum absolute atomic E-state index is 0.210. The second-order valence-electron chi connectivity index (χ2n) is 8.26. The van der Waals surface area contributed by atoms with E-state index in [1.165, 1.54) is 36.4 Å². The highest BCUT2D eigenvalue weighted by Crippen LogP contribution is 2.22. The van der Waals surface area contributed by atoms with Crippen LogP contribution >= 0.6 is 0 Å². The Labute approximate surface area is 182 Å². The van der Waals surface area contributed by atoms with E-state index in [0.717, 1.165) is 37.9 Å². The lowest BCUT2D eigenvalue weighted by Gasteiger charge is -2.35. The average molecular weight is 432 g/mol. The molecule has 1 fully saturated rings. The number of halogens is 2. The molecule has 3 rings (SSSR count). The second-order valence-corrected chi connectivity index (χ2v) is 8.26. The van der Waals surface area contributed by atoms with Gasteiger partial charge in [0.05, 0.1) is 12.1 Å². The van der Waals surface area contributed by atoms with Gasteiger partial charge in [-0.1, -0.05) is 19.1 Å². The first-order valence-corrected chi connectivity index (χ1v) is 10.9. The van der Waals surface area contributed by atoms with Crippen LogP contribution in [-0.4, -0.2) is 47.8 Å². The number of aliphatic hydroxyl groups is 1. The molecule has 0 unspecified atom stereocenters. The Kier molecular flexibility index (Phi) is 8.37. The molecular formula is C24H31F2N3O2. The summed E-state index contributed by atoms with van der Waals surface area (Å²) in [7, 11) is 0. The van der Waals surface area contributed by atoms with Gasteiger partial charge in [-0.15, -0.1) is 0 Å². The summed E-state index contributed by atoms with van der Waals surface area (Å²) in [6.07, 6.45) is 2.91. The van der Waals surface area contributed by atoms with Gasteiger partial charge in [-0.25, -0.2) is 13.6 Å². The van der Waals surface area contributed by atoms with Gasteiger partial charge in [0.2, 0.25) is 0 Å². The monoisotopic (exact) mass is 431 g/mol. The van der Waals surface area contributed by atoms with E-state index < -0.39 is 12.1 Å². The predicted molar refractivity (Wildman–Crippen MR) is 118 cm³/mol. The quantitative estimate of drug-likeness (QED) is 0.588. The van der Waals surface area contributed by atoms with Crippen molar-refractivity contribution in [1.29, 1.82) is 0 Å². The lowest BCUT2D eigenvalue weighted by atomic mass is 9.90. The summed E-state index contributed by atoms with van der Waals surface area (Å²) in [6, 6.07) is 11.4. The molecule has 7 heteroatoms. The van der Waals surface area contributed by atoms with E-state index in [1.807, 2.05) is 19.1 Å². The molecule has 2 aromatic rings. The number of benzene rings is 2. The highest BCUT2D eigenvalue weighted by molar-refractivity contribution is 5.89. The zero-order valence-corrected chi connectivity index (χ0v) is 17.9. The Bertz CT molecular complexity index is 822. The third-order valence-corrected chi connectivity index (χ3v) is 5.91. The highest BCUT2D eigenvalue weighted by atomic mass is 19.1. The molecule has 2 amide bonds. The molecule has 31 heavy (non-hydrogen) atoms. The molecular weight excluding hydrogens is 400 g/mol. The summed E-state index contributed by atoms with van der Waals surface area (Å²) < 4.78 is 26.0. The van der Waals surface area contributed by atoms with E-state index in [2.05, 4.69) is 15.5 Å². The number of hydrogen-bond acceptors (Lipinski definition) is 3. The lowest BCUT2D eigenvalue weighted by molar-refractivity contribution is 0.0649. The van der Waals surface area contributed by atoms with Crippen LogP contribution in [0.25, 0.3) is 0 Å². The molecule has 0 bridgehead atoms. The Morgan fingerprint density at radius 3 is 2.23 bits per heavy atom. The Hall–Kier alpha value is -2.51. The highest BCUT2D eigenvalue weighted by Gasteiger charge is 2.25. The molecule has 2 aromatic carbocycles. The molecule has 5 nitrogen and oxygen atoms in total. The smallest absolute Gasteiger partial charge is 0.319 e. The van der Waals surface area contributed by atoms with Crippen molar-refractivity contribution < 1.29 is 18.7 Å². The van der Waals surface area contributed by atoms with Crippen molar-refractivity contribution in [2.24, 2.45) is 5.92 Å². The summed E-state index contributed by atoms with van der Waals surface area (Å²) in [5.41, 5.74) is 1.65. The van der Waals surface area contributed by atoms with Gasteiger partial charge >= 0.3 is 6.03 Å². The number of likely N-dealkylation sites (tertiary alicyclic amines) is 1. The largest absolute Gasteiger partial charge is 0.390 e. The third-order valence-electron chi connectivity index (χ3n) is 5.91. The van der Waals surface area contributed by atoms with Crippen molar-refractivity contribution in [2.75, 3.05) is 25.0 Å². The maximum atomic E-state index is 13.1. The number of urea groups is 1. The SMILES string of the molecule is CC[C@H](NC(=O)Nc1ccc(F)cc1)[C@@H](O)CN1CCC(Cc2ccc(F)cc2)CC1. The summed E-state index contributed by atoms with van der Waals surface area (Å²) in [6.45, 7) is 4.20. The Morgan fingerprint density at radius 2 is 1.65 bits per heavy atom. The molecule has 1 saturated heterocycles. The molecule has 0 radical (unpaired) electrons. The third kappa shape index (κ3) is 7.29. The number of rotatable bonds is 8. The molecule has 0 spiro atoms. The topological polar surface area (TPSA) is 64.6 Å². The molecule has 2 atom stereocenters. The fourth-order valence-corrected chi connectivity index (χ4v) is 4.06. The standard InChI is InChI=1S/C24H31F2N3O2/c1-2-22(28-24(31)27-21-9-7-20(26)8-10-21)23(30)16-29-13-11-18(12-14-29)15-17-3-5-19(25)6-4-17/h3-10,18,22-23,30H,2,11-16H2,1H3,(H2,27,28,31)/t22-,23-/m0/s1. The number of anilines is 1.